The highest BCUT2D eigenvalue weighted by Crippen LogP contribution is 2.24. The molecular formula is C17H15N3O3S. The Hall–Kier alpha value is -2.93. The van der Waals surface area contributed by atoms with Crippen molar-refractivity contribution in [1.29, 1.82) is 0 Å². The van der Waals surface area contributed by atoms with E-state index < -0.39 is 15.6 Å². The van der Waals surface area contributed by atoms with Gasteiger partial charge in [0.15, 0.2) is 5.82 Å². The van der Waals surface area contributed by atoms with E-state index in [9.17, 15) is 13.2 Å². The molecule has 0 unspecified atom stereocenters. The number of aromatic nitrogens is 2. The van der Waals surface area contributed by atoms with E-state index in [2.05, 4.69) is 14.7 Å². The number of sulfonamides is 1. The minimum absolute atomic E-state index is 0.0707. The van der Waals surface area contributed by atoms with E-state index in [1.807, 2.05) is 13.0 Å². The summed E-state index contributed by atoms with van der Waals surface area (Å²) in [5.74, 6) is 0.0707. The Kier molecular flexibility index (Phi) is 4.18. The van der Waals surface area contributed by atoms with Crippen molar-refractivity contribution in [2.75, 3.05) is 4.72 Å². The third kappa shape index (κ3) is 3.36. The SMILES string of the molecule is Cc1ccc(S(=O)(=O)Nc2ncc(=O)[nH]c2-c2ccccc2)cc1. The number of anilines is 1. The summed E-state index contributed by atoms with van der Waals surface area (Å²) in [6.07, 6.45) is 1.04. The van der Waals surface area contributed by atoms with Gasteiger partial charge >= 0.3 is 0 Å². The van der Waals surface area contributed by atoms with Gasteiger partial charge in [0.1, 0.15) is 0 Å². The Morgan fingerprint density at radius 1 is 1.00 bits per heavy atom. The number of hydrogen-bond donors (Lipinski definition) is 2. The van der Waals surface area contributed by atoms with Crippen molar-refractivity contribution in [2.45, 2.75) is 11.8 Å². The van der Waals surface area contributed by atoms with Crippen LogP contribution in [0.2, 0.25) is 0 Å². The molecule has 3 rings (SSSR count). The van der Waals surface area contributed by atoms with Crippen molar-refractivity contribution in [3.8, 4) is 11.3 Å². The molecule has 24 heavy (non-hydrogen) atoms. The number of hydrogen-bond acceptors (Lipinski definition) is 4. The van der Waals surface area contributed by atoms with Crippen LogP contribution in [0.5, 0.6) is 0 Å². The van der Waals surface area contributed by atoms with Gasteiger partial charge in [-0.1, -0.05) is 48.0 Å². The molecule has 1 heterocycles. The smallest absolute Gasteiger partial charge is 0.267 e. The Balaban J connectivity index is 2.04. The van der Waals surface area contributed by atoms with Crippen LogP contribution in [0.1, 0.15) is 5.56 Å². The fourth-order valence-corrected chi connectivity index (χ4v) is 3.22. The van der Waals surface area contributed by atoms with Gasteiger partial charge in [0.05, 0.1) is 16.8 Å². The van der Waals surface area contributed by atoms with Gasteiger partial charge in [-0.3, -0.25) is 9.52 Å². The molecule has 0 aliphatic carbocycles. The molecule has 3 aromatic rings. The first-order valence-electron chi connectivity index (χ1n) is 7.20. The lowest BCUT2D eigenvalue weighted by molar-refractivity contribution is 0.601. The summed E-state index contributed by atoms with van der Waals surface area (Å²) in [5, 5.41) is 0. The summed E-state index contributed by atoms with van der Waals surface area (Å²) in [6, 6.07) is 15.4. The molecule has 7 heteroatoms. The fourth-order valence-electron chi connectivity index (χ4n) is 2.20. The number of aryl methyl sites for hydroxylation is 1. The Labute approximate surface area is 139 Å². The van der Waals surface area contributed by atoms with Gasteiger partial charge in [-0.25, -0.2) is 13.4 Å². The van der Waals surface area contributed by atoms with Gasteiger partial charge in [-0.05, 0) is 19.1 Å². The largest absolute Gasteiger partial charge is 0.317 e. The van der Waals surface area contributed by atoms with Gasteiger partial charge < -0.3 is 4.98 Å². The molecule has 6 nitrogen and oxygen atoms in total. The summed E-state index contributed by atoms with van der Waals surface area (Å²) in [5.41, 5.74) is 1.52. The van der Waals surface area contributed by atoms with Gasteiger partial charge in [0.25, 0.3) is 15.6 Å². The van der Waals surface area contributed by atoms with E-state index in [4.69, 9.17) is 0 Å². The summed E-state index contributed by atoms with van der Waals surface area (Å²) in [4.78, 5) is 18.3. The van der Waals surface area contributed by atoms with Gasteiger partial charge in [-0.2, -0.15) is 0 Å². The highest BCUT2D eigenvalue weighted by molar-refractivity contribution is 7.92. The maximum Gasteiger partial charge on any atom is 0.267 e. The molecule has 0 fully saturated rings. The van der Waals surface area contributed by atoms with E-state index in [-0.39, 0.29) is 10.7 Å². The lowest BCUT2D eigenvalue weighted by Crippen LogP contribution is -2.17. The predicted octanol–water partition coefficient (Wildman–Crippen LogP) is 2.55. The second kappa shape index (κ2) is 6.29. The Morgan fingerprint density at radius 2 is 1.67 bits per heavy atom. The number of benzene rings is 2. The van der Waals surface area contributed by atoms with E-state index in [1.54, 1.807) is 36.4 Å². The van der Waals surface area contributed by atoms with Crippen LogP contribution in [-0.2, 0) is 10.0 Å². The zero-order valence-electron chi connectivity index (χ0n) is 12.9. The highest BCUT2D eigenvalue weighted by atomic mass is 32.2. The van der Waals surface area contributed by atoms with Crippen molar-refractivity contribution in [3.63, 3.8) is 0 Å². The third-order valence-electron chi connectivity index (χ3n) is 3.42. The van der Waals surface area contributed by atoms with Crippen LogP contribution in [-0.4, -0.2) is 18.4 Å². The molecule has 0 amide bonds. The van der Waals surface area contributed by atoms with E-state index in [1.165, 1.54) is 12.1 Å². The minimum atomic E-state index is -3.81. The first-order chi connectivity index (χ1) is 11.5. The topological polar surface area (TPSA) is 91.9 Å². The molecule has 0 saturated carbocycles. The molecule has 0 spiro atoms. The van der Waals surface area contributed by atoms with Crippen molar-refractivity contribution >= 4 is 15.8 Å². The van der Waals surface area contributed by atoms with Crippen LogP contribution in [0.3, 0.4) is 0 Å². The summed E-state index contributed by atoms with van der Waals surface area (Å²) in [7, 11) is -3.81. The van der Waals surface area contributed by atoms with E-state index in [0.717, 1.165) is 11.8 Å². The number of H-pyrrole nitrogens is 1. The van der Waals surface area contributed by atoms with E-state index in [0.29, 0.717) is 11.3 Å². The normalized spacial score (nSPS) is 11.2. The zero-order valence-corrected chi connectivity index (χ0v) is 13.7. The predicted molar refractivity (Wildman–Crippen MR) is 92.3 cm³/mol. The zero-order chi connectivity index (χ0) is 17.2. The quantitative estimate of drug-likeness (QED) is 0.763. The van der Waals surface area contributed by atoms with Crippen LogP contribution in [0.25, 0.3) is 11.3 Å². The molecule has 122 valence electrons. The molecule has 0 saturated heterocycles. The van der Waals surface area contributed by atoms with Crippen molar-refractivity contribution in [1.82, 2.24) is 9.97 Å². The monoisotopic (exact) mass is 341 g/mol. The second-order valence-corrected chi connectivity index (χ2v) is 6.94. The molecule has 2 N–H and O–H groups in total. The molecule has 2 aromatic carbocycles. The Bertz CT molecular complexity index is 1010. The van der Waals surface area contributed by atoms with Gasteiger partial charge in [0.2, 0.25) is 0 Å². The average Bonchev–Trinajstić information content (AvgIpc) is 2.57. The average molecular weight is 341 g/mol. The second-order valence-electron chi connectivity index (χ2n) is 5.26. The maximum atomic E-state index is 12.5. The number of aromatic amines is 1. The highest BCUT2D eigenvalue weighted by Gasteiger charge is 2.18. The maximum absolute atomic E-state index is 12.5. The fraction of sp³-hybridized carbons (Fsp3) is 0.0588. The third-order valence-corrected chi connectivity index (χ3v) is 4.78. The van der Waals surface area contributed by atoms with Crippen molar-refractivity contribution in [3.05, 3.63) is 76.7 Å². The van der Waals surface area contributed by atoms with Gasteiger partial charge in [0, 0.05) is 5.56 Å². The number of nitrogens with one attached hydrogen (secondary N) is 2. The molecule has 0 atom stereocenters. The van der Waals surface area contributed by atoms with E-state index >= 15 is 0 Å². The summed E-state index contributed by atoms with van der Waals surface area (Å²) in [6.45, 7) is 1.88. The van der Waals surface area contributed by atoms with Crippen LogP contribution in [0, 0.1) is 6.92 Å². The van der Waals surface area contributed by atoms with Crippen LogP contribution in [0.4, 0.5) is 5.82 Å². The Morgan fingerprint density at radius 3 is 2.33 bits per heavy atom. The molecule has 0 radical (unpaired) electrons. The standard InChI is InChI=1S/C17H15N3O3S/c1-12-7-9-14(10-8-12)24(22,23)20-17-16(19-15(21)11-18-17)13-5-3-2-4-6-13/h2-11H,1H3,(H,18,20)(H,19,21). The minimum Gasteiger partial charge on any atom is -0.317 e. The molecular weight excluding hydrogens is 326 g/mol. The summed E-state index contributed by atoms with van der Waals surface area (Å²) < 4.78 is 27.5. The van der Waals surface area contributed by atoms with Crippen molar-refractivity contribution in [2.24, 2.45) is 0 Å². The molecule has 0 aliphatic heterocycles. The van der Waals surface area contributed by atoms with Crippen LogP contribution in [0.15, 0.2) is 70.5 Å². The lowest BCUT2D eigenvalue weighted by atomic mass is 10.1. The first kappa shape index (κ1) is 15.9. The van der Waals surface area contributed by atoms with Crippen molar-refractivity contribution < 1.29 is 8.42 Å². The molecule has 0 bridgehead atoms. The first-order valence-corrected chi connectivity index (χ1v) is 8.68. The van der Waals surface area contributed by atoms with Crippen LogP contribution >= 0.6 is 0 Å². The number of rotatable bonds is 4. The number of nitrogens with zero attached hydrogens (tertiary/aromatic N) is 1. The lowest BCUT2D eigenvalue weighted by Gasteiger charge is -2.11. The van der Waals surface area contributed by atoms with Crippen LogP contribution < -0.4 is 10.3 Å². The van der Waals surface area contributed by atoms with Gasteiger partial charge in [-0.15, -0.1) is 0 Å². The summed E-state index contributed by atoms with van der Waals surface area (Å²) >= 11 is 0. The molecule has 0 aliphatic rings. The molecule has 1 aromatic heterocycles.